The number of carbonyl (C=O) groups excluding carboxylic acids is 1. The molecule has 1 aromatic heterocycles. The number of likely N-dealkylation sites (tertiary alicyclic amines) is 1. The number of amides is 1. The highest BCUT2D eigenvalue weighted by Gasteiger charge is 2.36. The third-order valence-electron chi connectivity index (χ3n) is 5.98. The van der Waals surface area contributed by atoms with E-state index in [1.54, 1.807) is 0 Å². The van der Waals surface area contributed by atoms with E-state index in [4.69, 9.17) is 21.2 Å². The summed E-state index contributed by atoms with van der Waals surface area (Å²) in [7, 11) is 1.85. The second-order valence-electron chi connectivity index (χ2n) is 7.77. The molecule has 0 radical (unpaired) electrons. The summed E-state index contributed by atoms with van der Waals surface area (Å²) in [4.78, 5) is 26.5. The van der Waals surface area contributed by atoms with Crippen molar-refractivity contribution in [2.45, 2.75) is 18.4 Å². The number of hydrogen-bond donors (Lipinski definition) is 5. The molecule has 1 amide bonds. The van der Waals surface area contributed by atoms with Crippen LogP contribution in [0.15, 0.2) is 39.5 Å². The van der Waals surface area contributed by atoms with Crippen molar-refractivity contribution in [2.24, 2.45) is 0 Å². The fraction of sp³-hybridized carbons (Fsp3) is 0.273. The summed E-state index contributed by atoms with van der Waals surface area (Å²) in [5.74, 6) is -1.68. The van der Waals surface area contributed by atoms with Crippen molar-refractivity contribution in [2.75, 3.05) is 20.2 Å². The number of hydroxylamine groups is 1. The van der Waals surface area contributed by atoms with Gasteiger partial charge in [0.2, 0.25) is 0 Å². The van der Waals surface area contributed by atoms with Gasteiger partial charge in [-0.2, -0.15) is 0 Å². The summed E-state index contributed by atoms with van der Waals surface area (Å²) >= 11 is 6.30. The van der Waals surface area contributed by atoms with Crippen molar-refractivity contribution >= 4 is 28.5 Å². The predicted molar refractivity (Wildman–Crippen MR) is 116 cm³/mol. The predicted octanol–water partition coefficient (Wildman–Crippen LogP) is 2.42. The molecule has 2 aromatic carbocycles. The zero-order chi connectivity index (χ0) is 23.2. The number of nitrogens with one attached hydrogen (secondary N) is 1. The maximum absolute atomic E-state index is 12.9. The van der Waals surface area contributed by atoms with Gasteiger partial charge in [-0.05, 0) is 38.2 Å². The molecule has 3 aromatic rings. The molecule has 0 spiro atoms. The van der Waals surface area contributed by atoms with Crippen LogP contribution in [0, 0.1) is 0 Å². The minimum Gasteiger partial charge on any atom is -0.507 e. The highest BCUT2D eigenvalue weighted by molar-refractivity contribution is 6.33. The first-order chi connectivity index (χ1) is 15.3. The number of aliphatic hydroxyl groups is 1. The van der Waals surface area contributed by atoms with Crippen molar-refractivity contribution < 1.29 is 29.7 Å². The Morgan fingerprint density at radius 2 is 2.00 bits per heavy atom. The summed E-state index contributed by atoms with van der Waals surface area (Å²) in [6, 6.07) is 6.13. The van der Waals surface area contributed by atoms with E-state index in [0.717, 1.165) is 6.07 Å². The van der Waals surface area contributed by atoms with Gasteiger partial charge in [-0.3, -0.25) is 14.8 Å². The molecule has 0 saturated carbocycles. The number of halogens is 1. The number of phenolic OH excluding ortho intramolecular Hbond substituents is 2. The van der Waals surface area contributed by atoms with Crippen molar-refractivity contribution in [1.29, 1.82) is 0 Å². The number of likely N-dealkylation sites (N-methyl/N-ethyl adjacent to an activating group) is 1. The highest BCUT2D eigenvalue weighted by atomic mass is 35.5. The second-order valence-corrected chi connectivity index (χ2v) is 8.18. The van der Waals surface area contributed by atoms with Crippen LogP contribution in [-0.4, -0.2) is 57.6 Å². The van der Waals surface area contributed by atoms with Crippen LogP contribution in [0.3, 0.4) is 0 Å². The Morgan fingerprint density at radius 3 is 2.66 bits per heavy atom. The molecular formula is C22H21ClN2O7. The van der Waals surface area contributed by atoms with Crippen LogP contribution < -0.4 is 10.9 Å². The van der Waals surface area contributed by atoms with E-state index >= 15 is 0 Å². The first kappa shape index (κ1) is 22.1. The average molecular weight is 461 g/mol. The summed E-state index contributed by atoms with van der Waals surface area (Å²) in [6.07, 6.45) is 0.606. The lowest BCUT2D eigenvalue weighted by atomic mass is 9.89. The van der Waals surface area contributed by atoms with E-state index in [1.807, 2.05) is 11.9 Å². The Bertz CT molecular complexity index is 1270. The molecule has 0 unspecified atom stereocenters. The summed E-state index contributed by atoms with van der Waals surface area (Å²) in [6.45, 7) is 0.509. The molecule has 1 aliphatic rings. The molecule has 0 bridgehead atoms. The minimum atomic E-state index is -0.754. The van der Waals surface area contributed by atoms with Crippen molar-refractivity contribution in [3.63, 3.8) is 0 Å². The number of aliphatic hydroxyl groups excluding tert-OH is 1. The van der Waals surface area contributed by atoms with E-state index in [-0.39, 0.29) is 51.6 Å². The van der Waals surface area contributed by atoms with Gasteiger partial charge >= 0.3 is 0 Å². The topological polar surface area (TPSA) is 143 Å². The molecule has 32 heavy (non-hydrogen) atoms. The Hall–Kier alpha value is -3.11. The van der Waals surface area contributed by atoms with E-state index in [1.165, 1.54) is 29.7 Å². The van der Waals surface area contributed by atoms with E-state index < -0.39 is 17.1 Å². The second kappa shape index (κ2) is 8.44. The largest absolute Gasteiger partial charge is 0.507 e. The van der Waals surface area contributed by atoms with Gasteiger partial charge in [0.25, 0.3) is 5.91 Å². The van der Waals surface area contributed by atoms with Gasteiger partial charge in [0, 0.05) is 40.8 Å². The Kier molecular flexibility index (Phi) is 5.83. The van der Waals surface area contributed by atoms with Crippen LogP contribution in [0.5, 0.6) is 11.5 Å². The maximum atomic E-state index is 12.9. The number of fused-ring (bicyclic) bond motifs is 1. The fourth-order valence-corrected chi connectivity index (χ4v) is 4.62. The number of hydrogen-bond acceptors (Lipinski definition) is 8. The monoisotopic (exact) mass is 460 g/mol. The van der Waals surface area contributed by atoms with Crippen molar-refractivity contribution in [3.05, 3.63) is 56.7 Å². The average Bonchev–Trinajstić information content (AvgIpc) is 3.12. The molecule has 9 nitrogen and oxygen atoms in total. The Balaban J connectivity index is 1.95. The number of phenols is 2. The smallest absolute Gasteiger partial charge is 0.274 e. The number of nitrogens with zero attached hydrogens (tertiary/aromatic N) is 1. The molecule has 4 rings (SSSR count). The highest BCUT2D eigenvalue weighted by Crippen LogP contribution is 2.44. The van der Waals surface area contributed by atoms with E-state index in [2.05, 4.69) is 0 Å². The van der Waals surface area contributed by atoms with Crippen molar-refractivity contribution in [3.8, 4) is 22.8 Å². The van der Waals surface area contributed by atoms with Crippen LogP contribution in [0.1, 0.15) is 28.3 Å². The van der Waals surface area contributed by atoms with Gasteiger partial charge < -0.3 is 24.6 Å². The van der Waals surface area contributed by atoms with E-state index in [0.29, 0.717) is 24.1 Å². The SMILES string of the molecule is CN1CC[C@H](c2c(O)cc(O)c3c(=O)cc(-c4ccc(C(=O)NO)cc4Cl)oc23)[C@H]1CO. The Morgan fingerprint density at radius 1 is 1.25 bits per heavy atom. The molecule has 0 aliphatic carbocycles. The first-order valence-corrected chi connectivity index (χ1v) is 10.2. The molecule has 2 heterocycles. The van der Waals surface area contributed by atoms with Crippen LogP contribution in [0.4, 0.5) is 0 Å². The molecule has 1 saturated heterocycles. The molecule has 5 N–H and O–H groups in total. The lowest BCUT2D eigenvalue weighted by Gasteiger charge is -2.24. The van der Waals surface area contributed by atoms with Gasteiger partial charge in [0.1, 0.15) is 28.2 Å². The summed E-state index contributed by atoms with van der Waals surface area (Å²) < 4.78 is 6.01. The van der Waals surface area contributed by atoms with Crippen LogP contribution in [0.25, 0.3) is 22.3 Å². The molecular weight excluding hydrogens is 440 g/mol. The van der Waals surface area contributed by atoms with Crippen LogP contribution in [-0.2, 0) is 0 Å². The lowest BCUT2D eigenvalue weighted by molar-refractivity contribution is 0.0706. The molecule has 2 atom stereocenters. The minimum absolute atomic E-state index is 0.0111. The van der Waals surface area contributed by atoms with Gasteiger partial charge in [0.15, 0.2) is 5.43 Å². The van der Waals surface area contributed by atoms with Crippen LogP contribution in [0.2, 0.25) is 5.02 Å². The quantitative estimate of drug-likeness (QED) is 0.295. The van der Waals surface area contributed by atoms with Gasteiger partial charge in [-0.25, -0.2) is 5.48 Å². The zero-order valence-electron chi connectivity index (χ0n) is 17.0. The van der Waals surface area contributed by atoms with Gasteiger partial charge in [-0.1, -0.05) is 11.6 Å². The number of aromatic hydroxyl groups is 2. The number of benzene rings is 2. The maximum Gasteiger partial charge on any atom is 0.274 e. The number of carbonyl (C=O) groups is 1. The molecule has 1 fully saturated rings. The summed E-state index contributed by atoms with van der Waals surface area (Å²) in [5.41, 5.74) is 1.71. The third kappa shape index (κ3) is 3.59. The fourth-order valence-electron chi connectivity index (χ4n) is 4.34. The number of rotatable bonds is 4. The van der Waals surface area contributed by atoms with Gasteiger partial charge in [-0.15, -0.1) is 0 Å². The molecule has 1 aliphatic heterocycles. The standard InChI is InChI=1S/C22H21ClN2O7/c1-25-5-4-12(14(25)9-26)19-15(27)7-16(28)20-17(29)8-18(32-21(19)20)11-3-2-10(6-13(11)23)22(30)24-31/h2-3,6-8,12,14,26-28,31H,4-5,9H2,1H3,(H,24,30)/t12-,14+/m0/s1. The lowest BCUT2D eigenvalue weighted by Crippen LogP contribution is -2.32. The normalized spacial score (nSPS) is 18.9. The van der Waals surface area contributed by atoms with Crippen molar-refractivity contribution in [1.82, 2.24) is 10.4 Å². The first-order valence-electron chi connectivity index (χ1n) is 9.85. The zero-order valence-corrected chi connectivity index (χ0v) is 17.8. The third-order valence-corrected chi connectivity index (χ3v) is 6.29. The van der Waals surface area contributed by atoms with Crippen LogP contribution >= 0.6 is 11.6 Å². The Labute approximate surface area is 187 Å². The molecule has 10 heteroatoms. The molecule has 168 valence electrons. The summed E-state index contributed by atoms with van der Waals surface area (Å²) in [5, 5.41) is 39.7. The van der Waals surface area contributed by atoms with Gasteiger partial charge in [0.05, 0.1) is 11.6 Å². The van der Waals surface area contributed by atoms with E-state index in [9.17, 15) is 24.9 Å².